The number of rotatable bonds is 12. The lowest BCUT2D eigenvalue weighted by atomic mass is 9.91. The summed E-state index contributed by atoms with van der Waals surface area (Å²) in [6.07, 6.45) is -5.06. The van der Waals surface area contributed by atoms with Gasteiger partial charge in [-0.25, -0.2) is 9.59 Å². The van der Waals surface area contributed by atoms with Crippen molar-refractivity contribution in [2.24, 2.45) is 11.3 Å². The summed E-state index contributed by atoms with van der Waals surface area (Å²) in [5.74, 6) is -4.31. The van der Waals surface area contributed by atoms with Crippen molar-refractivity contribution in [3.05, 3.63) is 0 Å². The van der Waals surface area contributed by atoms with Gasteiger partial charge in [-0.2, -0.15) is 17.6 Å². The first-order valence-electron chi connectivity index (χ1n) is 9.53. The SMILES string of the molecule is CCC(C)(C)C(=O)OCCOC(=O)C(F)F.CCC(C)C(=O)OCCOC(=O)C(F)F. The molecule has 8 nitrogen and oxygen atoms in total. The van der Waals surface area contributed by atoms with Crippen LogP contribution in [0, 0.1) is 11.3 Å². The average Bonchev–Trinajstić information content (AvgIpc) is 2.72. The van der Waals surface area contributed by atoms with Crippen LogP contribution in [0.25, 0.3) is 0 Å². The van der Waals surface area contributed by atoms with E-state index >= 15 is 0 Å². The zero-order valence-electron chi connectivity index (χ0n) is 18.3. The number of carbonyl (C=O) groups is 4. The van der Waals surface area contributed by atoms with Crippen molar-refractivity contribution in [1.29, 1.82) is 0 Å². The van der Waals surface area contributed by atoms with Gasteiger partial charge in [0.1, 0.15) is 26.4 Å². The van der Waals surface area contributed by atoms with Gasteiger partial charge in [0.2, 0.25) is 0 Å². The van der Waals surface area contributed by atoms with Crippen LogP contribution in [0.2, 0.25) is 0 Å². The smallest absolute Gasteiger partial charge is 0.373 e. The molecule has 0 saturated carbocycles. The molecule has 0 bridgehead atoms. The van der Waals surface area contributed by atoms with Gasteiger partial charge < -0.3 is 18.9 Å². The van der Waals surface area contributed by atoms with Crippen molar-refractivity contribution in [1.82, 2.24) is 0 Å². The molecule has 0 fully saturated rings. The van der Waals surface area contributed by atoms with Gasteiger partial charge in [-0.3, -0.25) is 9.59 Å². The average molecular weight is 462 g/mol. The van der Waals surface area contributed by atoms with Crippen LogP contribution in [0.1, 0.15) is 47.5 Å². The summed E-state index contributed by atoms with van der Waals surface area (Å²) in [7, 11) is 0. The molecule has 0 radical (unpaired) electrons. The van der Waals surface area contributed by atoms with E-state index in [1.807, 2.05) is 13.8 Å². The zero-order chi connectivity index (χ0) is 24.6. The third kappa shape index (κ3) is 15.1. The predicted molar refractivity (Wildman–Crippen MR) is 99.4 cm³/mol. The first kappa shape index (κ1) is 30.8. The van der Waals surface area contributed by atoms with E-state index in [1.54, 1.807) is 20.8 Å². The lowest BCUT2D eigenvalue weighted by Gasteiger charge is -2.20. The number of alkyl halides is 4. The minimum atomic E-state index is -3.15. The maximum absolute atomic E-state index is 11.7. The molecular formula is C19H30F4O8. The van der Waals surface area contributed by atoms with Crippen LogP contribution < -0.4 is 0 Å². The molecule has 0 aromatic rings. The topological polar surface area (TPSA) is 105 Å². The van der Waals surface area contributed by atoms with Crippen molar-refractivity contribution in [3.8, 4) is 0 Å². The van der Waals surface area contributed by atoms with E-state index in [0.717, 1.165) is 0 Å². The molecule has 1 unspecified atom stereocenters. The van der Waals surface area contributed by atoms with Crippen LogP contribution in [-0.4, -0.2) is 63.2 Å². The Balaban J connectivity index is 0. The van der Waals surface area contributed by atoms with Crippen LogP contribution in [0.15, 0.2) is 0 Å². The molecule has 0 N–H and O–H groups in total. The summed E-state index contributed by atoms with van der Waals surface area (Å²) in [5, 5.41) is 0. The second-order valence-corrected chi connectivity index (χ2v) is 6.79. The fourth-order valence-corrected chi connectivity index (χ4v) is 1.34. The van der Waals surface area contributed by atoms with Gasteiger partial charge in [-0.1, -0.05) is 20.8 Å². The molecule has 0 aromatic heterocycles. The van der Waals surface area contributed by atoms with E-state index in [-0.39, 0.29) is 32.3 Å². The maximum Gasteiger partial charge on any atom is 0.373 e. The molecule has 0 aromatic carbocycles. The highest BCUT2D eigenvalue weighted by molar-refractivity contribution is 5.76. The lowest BCUT2D eigenvalue weighted by molar-refractivity contribution is -0.164. The number of hydrogen-bond acceptors (Lipinski definition) is 8. The fourth-order valence-electron chi connectivity index (χ4n) is 1.34. The summed E-state index contributed by atoms with van der Waals surface area (Å²) < 4.78 is 64.2. The standard InChI is InChI=1S/C10H16F2O4.C9H14F2O4/c1-4-10(2,3)9(14)16-6-5-15-8(13)7(11)12;1-3-6(2)8(12)14-4-5-15-9(13)7(10)11/h7H,4-6H2,1-3H3;6-7H,3-5H2,1-2H3. The van der Waals surface area contributed by atoms with Crippen molar-refractivity contribution in [3.63, 3.8) is 0 Å². The first-order chi connectivity index (χ1) is 14.3. The van der Waals surface area contributed by atoms with E-state index in [0.29, 0.717) is 12.8 Å². The Kier molecular flexibility index (Phi) is 16.2. The van der Waals surface area contributed by atoms with Crippen molar-refractivity contribution in [2.45, 2.75) is 60.3 Å². The van der Waals surface area contributed by atoms with E-state index in [1.165, 1.54) is 0 Å². The Morgan fingerprint density at radius 3 is 1.39 bits per heavy atom. The van der Waals surface area contributed by atoms with Crippen molar-refractivity contribution in [2.75, 3.05) is 26.4 Å². The summed E-state index contributed by atoms with van der Waals surface area (Å²) in [4.78, 5) is 43.0. The van der Waals surface area contributed by atoms with Crippen LogP contribution in [-0.2, 0) is 38.1 Å². The zero-order valence-corrected chi connectivity index (χ0v) is 18.3. The van der Waals surface area contributed by atoms with Crippen molar-refractivity contribution >= 4 is 23.9 Å². The lowest BCUT2D eigenvalue weighted by Crippen LogP contribution is -2.27. The van der Waals surface area contributed by atoms with Crippen LogP contribution in [0.4, 0.5) is 17.6 Å². The normalized spacial score (nSPS) is 11.8. The largest absolute Gasteiger partial charge is 0.462 e. The second-order valence-electron chi connectivity index (χ2n) is 6.79. The molecule has 0 amide bonds. The van der Waals surface area contributed by atoms with Crippen LogP contribution in [0.5, 0.6) is 0 Å². The first-order valence-corrected chi connectivity index (χ1v) is 9.53. The maximum atomic E-state index is 11.7. The van der Waals surface area contributed by atoms with Gasteiger partial charge in [0.05, 0.1) is 11.3 Å². The molecular weight excluding hydrogens is 432 g/mol. The van der Waals surface area contributed by atoms with Gasteiger partial charge in [0, 0.05) is 0 Å². The molecule has 31 heavy (non-hydrogen) atoms. The summed E-state index contributed by atoms with van der Waals surface area (Å²) >= 11 is 0. The van der Waals surface area contributed by atoms with Crippen LogP contribution >= 0.6 is 0 Å². The third-order valence-electron chi connectivity index (χ3n) is 3.94. The number of ether oxygens (including phenoxy) is 4. The van der Waals surface area contributed by atoms with Crippen LogP contribution in [0.3, 0.4) is 0 Å². The Bertz CT molecular complexity index is 567. The second kappa shape index (κ2) is 16.3. The van der Waals surface area contributed by atoms with E-state index in [4.69, 9.17) is 4.74 Å². The molecule has 0 spiro atoms. The van der Waals surface area contributed by atoms with E-state index in [9.17, 15) is 36.7 Å². The molecule has 1 atom stereocenters. The van der Waals surface area contributed by atoms with E-state index in [2.05, 4.69) is 14.2 Å². The van der Waals surface area contributed by atoms with Crippen molar-refractivity contribution < 1.29 is 55.7 Å². The minimum absolute atomic E-state index is 0.193. The molecule has 182 valence electrons. The molecule has 12 heteroatoms. The van der Waals surface area contributed by atoms with Gasteiger partial charge in [0.15, 0.2) is 0 Å². The summed E-state index contributed by atoms with van der Waals surface area (Å²) in [6.45, 7) is 7.66. The Morgan fingerprint density at radius 1 is 0.710 bits per heavy atom. The number of hydrogen-bond donors (Lipinski definition) is 0. The summed E-state index contributed by atoms with van der Waals surface area (Å²) in [6, 6.07) is 0. The van der Waals surface area contributed by atoms with Gasteiger partial charge in [-0.05, 0) is 26.7 Å². The number of carbonyl (C=O) groups excluding carboxylic acids is 4. The highest BCUT2D eigenvalue weighted by atomic mass is 19.3. The highest BCUT2D eigenvalue weighted by Gasteiger charge is 2.27. The van der Waals surface area contributed by atoms with Gasteiger partial charge in [0.25, 0.3) is 0 Å². The Labute approximate surface area is 178 Å². The Hall–Kier alpha value is -2.40. The Morgan fingerprint density at radius 2 is 1.06 bits per heavy atom. The highest BCUT2D eigenvalue weighted by Crippen LogP contribution is 2.21. The molecule has 0 aliphatic heterocycles. The van der Waals surface area contributed by atoms with Gasteiger partial charge in [-0.15, -0.1) is 0 Å². The fraction of sp³-hybridized carbons (Fsp3) is 0.789. The predicted octanol–water partition coefficient (Wildman–Crippen LogP) is 3.16. The number of esters is 4. The molecule has 0 rings (SSSR count). The molecule has 0 aliphatic rings. The van der Waals surface area contributed by atoms with Gasteiger partial charge >= 0.3 is 36.7 Å². The molecule has 0 saturated heterocycles. The monoisotopic (exact) mass is 462 g/mol. The third-order valence-corrected chi connectivity index (χ3v) is 3.94. The minimum Gasteiger partial charge on any atom is -0.462 e. The van der Waals surface area contributed by atoms with E-state index < -0.39 is 42.1 Å². The number of halogens is 4. The molecule has 0 heterocycles. The summed E-state index contributed by atoms with van der Waals surface area (Å²) in [5.41, 5.74) is -0.618. The quantitative estimate of drug-likeness (QED) is 0.189. The molecule has 0 aliphatic carbocycles.